The fourth-order valence-corrected chi connectivity index (χ4v) is 4.85. The predicted molar refractivity (Wildman–Crippen MR) is 77.1 cm³/mol. The highest BCUT2D eigenvalue weighted by Crippen LogP contribution is 2.53. The number of rotatable bonds is 1. The highest BCUT2D eigenvalue weighted by molar-refractivity contribution is 5.81. The molecule has 4 rings (SSSR count). The molecule has 1 aromatic carbocycles. The van der Waals surface area contributed by atoms with E-state index in [-0.39, 0.29) is 5.41 Å². The molecule has 3 atom stereocenters. The number of piperidine rings is 1. The minimum atomic E-state index is 0.0768. The largest absolute Gasteiger partial charge is 0.497 e. The highest BCUT2D eigenvalue weighted by atomic mass is 16.5. The number of hydrogen-bond acceptors (Lipinski definition) is 3. The molecule has 1 aromatic rings. The van der Waals surface area contributed by atoms with Crippen molar-refractivity contribution in [2.24, 2.45) is 5.92 Å². The van der Waals surface area contributed by atoms with Crippen LogP contribution in [-0.4, -0.2) is 25.5 Å². The molecule has 0 amide bonds. The lowest BCUT2D eigenvalue weighted by Crippen LogP contribution is -2.60. The molecule has 3 heteroatoms. The second kappa shape index (κ2) is 4.32. The topological polar surface area (TPSA) is 38.3 Å². The molecule has 2 aliphatic carbocycles. The summed E-state index contributed by atoms with van der Waals surface area (Å²) < 4.78 is 5.42. The van der Waals surface area contributed by atoms with Gasteiger partial charge in [-0.3, -0.25) is 4.79 Å². The Morgan fingerprint density at radius 3 is 3.15 bits per heavy atom. The Kier molecular flexibility index (Phi) is 2.68. The summed E-state index contributed by atoms with van der Waals surface area (Å²) >= 11 is 0. The number of hydrogen-bond donors (Lipinski definition) is 1. The van der Waals surface area contributed by atoms with Crippen molar-refractivity contribution in [1.29, 1.82) is 0 Å². The molecule has 2 fully saturated rings. The number of benzene rings is 1. The lowest BCUT2D eigenvalue weighted by Gasteiger charge is -2.55. The van der Waals surface area contributed by atoms with Gasteiger partial charge in [-0.25, -0.2) is 0 Å². The van der Waals surface area contributed by atoms with Crippen LogP contribution in [-0.2, 0) is 16.6 Å². The van der Waals surface area contributed by atoms with Gasteiger partial charge in [0.2, 0.25) is 0 Å². The Balaban J connectivity index is 1.89. The van der Waals surface area contributed by atoms with Crippen LogP contribution in [0.5, 0.6) is 5.75 Å². The van der Waals surface area contributed by atoms with Gasteiger partial charge in [-0.2, -0.15) is 0 Å². The Hall–Kier alpha value is -1.35. The maximum atomic E-state index is 12.1. The first-order valence-electron chi connectivity index (χ1n) is 7.65. The average Bonchev–Trinajstić information content (AvgIpc) is 2.46. The van der Waals surface area contributed by atoms with Gasteiger partial charge >= 0.3 is 0 Å². The van der Waals surface area contributed by atoms with Crippen LogP contribution in [0.2, 0.25) is 0 Å². The predicted octanol–water partition coefficient (Wildman–Crippen LogP) is 2.22. The van der Waals surface area contributed by atoms with E-state index in [0.29, 0.717) is 17.7 Å². The number of carbonyl (C=O) groups is 1. The Morgan fingerprint density at radius 1 is 1.40 bits per heavy atom. The van der Waals surface area contributed by atoms with Crippen molar-refractivity contribution >= 4 is 5.78 Å². The maximum Gasteiger partial charge on any atom is 0.133 e. The molecular formula is C17H21NO2. The van der Waals surface area contributed by atoms with Crippen LogP contribution >= 0.6 is 0 Å². The summed E-state index contributed by atoms with van der Waals surface area (Å²) in [5.41, 5.74) is 2.88. The van der Waals surface area contributed by atoms with Crippen LogP contribution in [0.1, 0.15) is 36.8 Å². The molecule has 3 aliphatic rings. The molecule has 20 heavy (non-hydrogen) atoms. The van der Waals surface area contributed by atoms with Crippen molar-refractivity contribution in [3.8, 4) is 5.75 Å². The fraction of sp³-hybridized carbons (Fsp3) is 0.588. The summed E-state index contributed by atoms with van der Waals surface area (Å²) in [6, 6.07) is 7.00. The zero-order valence-electron chi connectivity index (χ0n) is 11.9. The first kappa shape index (κ1) is 12.4. The van der Waals surface area contributed by atoms with E-state index in [0.717, 1.165) is 44.4 Å². The van der Waals surface area contributed by atoms with Crippen LogP contribution in [0, 0.1) is 5.92 Å². The van der Waals surface area contributed by atoms with Gasteiger partial charge in [-0.15, -0.1) is 0 Å². The summed E-state index contributed by atoms with van der Waals surface area (Å²) in [4.78, 5) is 12.1. The van der Waals surface area contributed by atoms with E-state index in [4.69, 9.17) is 4.74 Å². The minimum Gasteiger partial charge on any atom is -0.497 e. The average molecular weight is 271 g/mol. The van der Waals surface area contributed by atoms with Crippen LogP contribution in [0.15, 0.2) is 18.2 Å². The van der Waals surface area contributed by atoms with E-state index < -0.39 is 0 Å². The Bertz CT molecular complexity index is 568. The third kappa shape index (κ3) is 1.59. The number of Topliss-reactive ketones (excluding diaryl/α,β-unsaturated/α-hetero) is 1. The molecule has 1 saturated heterocycles. The van der Waals surface area contributed by atoms with Crippen molar-refractivity contribution in [3.63, 3.8) is 0 Å². The highest BCUT2D eigenvalue weighted by Gasteiger charge is 2.53. The first-order chi connectivity index (χ1) is 9.73. The van der Waals surface area contributed by atoms with E-state index >= 15 is 0 Å². The number of nitrogens with one attached hydrogen (secondary N) is 1. The normalized spacial score (nSPS) is 35.1. The van der Waals surface area contributed by atoms with Crippen molar-refractivity contribution in [2.45, 2.75) is 43.6 Å². The molecule has 0 aromatic heterocycles. The first-order valence-corrected chi connectivity index (χ1v) is 7.65. The van der Waals surface area contributed by atoms with Crippen molar-refractivity contribution in [2.75, 3.05) is 13.7 Å². The zero-order valence-corrected chi connectivity index (χ0v) is 11.9. The lowest BCUT2D eigenvalue weighted by molar-refractivity contribution is -0.125. The summed E-state index contributed by atoms with van der Waals surface area (Å²) in [6.45, 7) is 1.03. The van der Waals surface area contributed by atoms with Gasteiger partial charge in [0.15, 0.2) is 0 Å². The molecule has 1 heterocycles. The smallest absolute Gasteiger partial charge is 0.133 e. The molecule has 106 valence electrons. The van der Waals surface area contributed by atoms with Crippen LogP contribution in [0.4, 0.5) is 0 Å². The van der Waals surface area contributed by atoms with E-state index in [2.05, 4.69) is 23.5 Å². The van der Waals surface area contributed by atoms with Crippen LogP contribution < -0.4 is 10.1 Å². The second-order valence-corrected chi connectivity index (χ2v) is 6.55. The molecule has 3 nitrogen and oxygen atoms in total. The summed E-state index contributed by atoms with van der Waals surface area (Å²) in [7, 11) is 1.72. The Morgan fingerprint density at radius 2 is 2.30 bits per heavy atom. The fourth-order valence-electron chi connectivity index (χ4n) is 4.85. The standard InChI is InChI=1S/C17H21NO2/c1-20-13-4-2-11-8-16-14-5-3-12(19)10-17(14,6-7-18-16)15(11)9-13/h2,4,9,14,16,18H,3,5-8,10H2,1H3/t14-,16-,17-/m0/s1. The quantitative estimate of drug-likeness (QED) is 0.851. The monoisotopic (exact) mass is 271 g/mol. The van der Waals surface area contributed by atoms with Crippen molar-refractivity contribution < 1.29 is 9.53 Å². The SMILES string of the molecule is COc1ccc2c(c1)[C@]13CCN[C@@H](C2)[C@@H]1CCC(=O)C3. The number of ether oxygens (including phenoxy) is 1. The summed E-state index contributed by atoms with van der Waals surface area (Å²) in [5.74, 6) is 1.98. The third-order valence-corrected chi connectivity index (χ3v) is 5.71. The second-order valence-electron chi connectivity index (χ2n) is 6.55. The van der Waals surface area contributed by atoms with Gasteiger partial charge in [-0.05, 0) is 55.0 Å². The van der Waals surface area contributed by atoms with E-state index in [1.807, 2.05) is 0 Å². The molecule has 2 bridgehead atoms. The van der Waals surface area contributed by atoms with Crippen molar-refractivity contribution in [1.82, 2.24) is 5.32 Å². The van der Waals surface area contributed by atoms with E-state index in [9.17, 15) is 4.79 Å². The van der Waals surface area contributed by atoms with Gasteiger partial charge in [0.05, 0.1) is 7.11 Å². The number of fused-ring (bicyclic) bond motifs is 1. The van der Waals surface area contributed by atoms with Gasteiger partial charge in [-0.1, -0.05) is 6.07 Å². The molecule has 1 saturated carbocycles. The van der Waals surface area contributed by atoms with Gasteiger partial charge in [0.25, 0.3) is 0 Å². The molecule has 1 N–H and O–H groups in total. The number of ketones is 1. The van der Waals surface area contributed by atoms with Gasteiger partial charge < -0.3 is 10.1 Å². The van der Waals surface area contributed by atoms with Gasteiger partial charge in [0, 0.05) is 24.3 Å². The summed E-state index contributed by atoms with van der Waals surface area (Å²) in [5, 5.41) is 3.69. The molecule has 0 spiro atoms. The zero-order chi connectivity index (χ0) is 13.7. The molecular weight excluding hydrogens is 250 g/mol. The maximum absolute atomic E-state index is 12.1. The van der Waals surface area contributed by atoms with E-state index in [1.165, 1.54) is 11.1 Å². The number of carbonyl (C=O) groups excluding carboxylic acids is 1. The Labute approximate surface area is 119 Å². The lowest BCUT2D eigenvalue weighted by atomic mass is 9.52. The number of methoxy groups -OCH3 is 1. The third-order valence-electron chi connectivity index (χ3n) is 5.71. The molecule has 0 unspecified atom stereocenters. The van der Waals surface area contributed by atoms with Crippen LogP contribution in [0.25, 0.3) is 0 Å². The van der Waals surface area contributed by atoms with E-state index in [1.54, 1.807) is 7.11 Å². The summed E-state index contributed by atoms with van der Waals surface area (Å²) in [6.07, 6.45) is 4.73. The van der Waals surface area contributed by atoms with Gasteiger partial charge in [0.1, 0.15) is 11.5 Å². The minimum absolute atomic E-state index is 0.0768. The molecule has 0 radical (unpaired) electrons. The van der Waals surface area contributed by atoms with Crippen LogP contribution in [0.3, 0.4) is 0 Å². The van der Waals surface area contributed by atoms with Crippen molar-refractivity contribution in [3.05, 3.63) is 29.3 Å². The molecule has 1 aliphatic heterocycles.